The third-order valence-corrected chi connectivity index (χ3v) is 2.70. The molecule has 0 spiro atoms. The maximum absolute atomic E-state index is 11.0. The number of hydrogen-bond donors (Lipinski definition) is 0. The fourth-order valence-corrected chi connectivity index (χ4v) is 1.84. The zero-order valence-electron chi connectivity index (χ0n) is 10.3. The molecule has 3 nitrogen and oxygen atoms in total. The summed E-state index contributed by atoms with van der Waals surface area (Å²) in [4.78, 5) is 11.0. The van der Waals surface area contributed by atoms with Crippen LogP contribution in [0.1, 0.15) is 36.8 Å². The maximum atomic E-state index is 11.0. The summed E-state index contributed by atoms with van der Waals surface area (Å²) in [5.41, 5.74) is 2.57. The van der Waals surface area contributed by atoms with Crippen LogP contribution >= 0.6 is 0 Å². The normalized spacial score (nSPS) is 11.5. The summed E-state index contributed by atoms with van der Waals surface area (Å²) in [6.45, 7) is 6.39. The van der Waals surface area contributed by atoms with E-state index >= 15 is 0 Å². The molecule has 0 aliphatic rings. The summed E-state index contributed by atoms with van der Waals surface area (Å²) in [6, 6.07) is 9.47. The number of para-hydroxylation sites is 1. The molecular weight excluding hydrogens is 212 g/mol. The smallest absolute Gasteiger partial charge is 0.152 e. The van der Waals surface area contributed by atoms with Crippen LogP contribution in [-0.2, 0) is 5.41 Å². The second-order valence-electron chi connectivity index (χ2n) is 5.05. The fourth-order valence-electron chi connectivity index (χ4n) is 1.84. The third kappa shape index (κ3) is 2.13. The summed E-state index contributed by atoms with van der Waals surface area (Å²) in [6.07, 6.45) is 2.63. The van der Waals surface area contributed by atoms with Crippen LogP contribution in [-0.4, -0.2) is 16.1 Å². The average molecular weight is 228 g/mol. The molecule has 0 radical (unpaired) electrons. The van der Waals surface area contributed by atoms with Crippen molar-refractivity contribution in [1.82, 2.24) is 9.78 Å². The van der Waals surface area contributed by atoms with E-state index in [9.17, 15) is 4.79 Å². The number of nitrogens with zero attached hydrogens (tertiary/aromatic N) is 2. The molecule has 88 valence electrons. The van der Waals surface area contributed by atoms with Crippen LogP contribution in [0.4, 0.5) is 0 Å². The molecule has 0 saturated heterocycles. The van der Waals surface area contributed by atoms with Crippen LogP contribution in [0.25, 0.3) is 5.69 Å². The van der Waals surface area contributed by atoms with Gasteiger partial charge in [-0.1, -0.05) is 32.9 Å². The summed E-state index contributed by atoms with van der Waals surface area (Å²) < 4.78 is 1.84. The minimum absolute atomic E-state index is 0.00744. The van der Waals surface area contributed by atoms with Crippen LogP contribution in [0.3, 0.4) is 0 Å². The minimum Gasteiger partial charge on any atom is -0.298 e. The second kappa shape index (κ2) is 4.17. The average Bonchev–Trinajstić information content (AvgIpc) is 2.77. The Labute approximate surface area is 101 Å². The molecule has 3 heteroatoms. The fraction of sp³-hybridized carbons (Fsp3) is 0.286. The predicted octanol–water partition coefficient (Wildman–Crippen LogP) is 2.98. The molecule has 0 unspecified atom stereocenters. The zero-order valence-corrected chi connectivity index (χ0v) is 10.3. The molecule has 2 rings (SSSR count). The number of rotatable bonds is 2. The van der Waals surface area contributed by atoms with E-state index in [4.69, 9.17) is 0 Å². The number of carbonyl (C=O) groups excluding carboxylic acids is 1. The lowest BCUT2D eigenvalue weighted by molar-refractivity contribution is 0.112. The van der Waals surface area contributed by atoms with Gasteiger partial charge in [0, 0.05) is 22.9 Å². The van der Waals surface area contributed by atoms with Crippen molar-refractivity contribution in [2.24, 2.45) is 0 Å². The topological polar surface area (TPSA) is 34.9 Å². The number of hydrogen-bond acceptors (Lipinski definition) is 2. The summed E-state index contributed by atoms with van der Waals surface area (Å²) >= 11 is 0. The van der Waals surface area contributed by atoms with Gasteiger partial charge < -0.3 is 0 Å². The Bertz CT molecular complexity index is 535. The standard InChI is InChI=1S/C14H16N2O/c1-14(2,3)13-8-9-15-16(13)12-7-5-4-6-11(12)10-17/h4-10H,1-3H3. The Morgan fingerprint density at radius 2 is 1.88 bits per heavy atom. The quantitative estimate of drug-likeness (QED) is 0.741. The van der Waals surface area contributed by atoms with Crippen molar-refractivity contribution in [3.63, 3.8) is 0 Å². The van der Waals surface area contributed by atoms with Crippen LogP contribution < -0.4 is 0 Å². The molecule has 1 aromatic carbocycles. The van der Waals surface area contributed by atoms with Gasteiger partial charge in [-0.25, -0.2) is 4.68 Å². The van der Waals surface area contributed by atoms with Crippen molar-refractivity contribution in [2.75, 3.05) is 0 Å². The molecule has 0 fully saturated rings. The number of benzene rings is 1. The van der Waals surface area contributed by atoms with Gasteiger partial charge in [0.05, 0.1) is 5.69 Å². The molecule has 0 atom stereocenters. The van der Waals surface area contributed by atoms with E-state index in [1.54, 1.807) is 12.3 Å². The Morgan fingerprint density at radius 1 is 1.18 bits per heavy atom. The first-order valence-electron chi connectivity index (χ1n) is 5.63. The summed E-state index contributed by atoms with van der Waals surface area (Å²) in [5.74, 6) is 0. The highest BCUT2D eigenvalue weighted by atomic mass is 16.1. The van der Waals surface area contributed by atoms with E-state index in [2.05, 4.69) is 25.9 Å². The van der Waals surface area contributed by atoms with E-state index in [1.807, 2.05) is 28.9 Å². The van der Waals surface area contributed by atoms with E-state index < -0.39 is 0 Å². The maximum Gasteiger partial charge on any atom is 0.152 e. The second-order valence-corrected chi connectivity index (χ2v) is 5.05. The first-order valence-corrected chi connectivity index (χ1v) is 5.63. The van der Waals surface area contributed by atoms with Gasteiger partial charge in [0.2, 0.25) is 0 Å². The molecule has 0 bridgehead atoms. The van der Waals surface area contributed by atoms with Gasteiger partial charge in [-0.15, -0.1) is 0 Å². The lowest BCUT2D eigenvalue weighted by Crippen LogP contribution is -2.18. The van der Waals surface area contributed by atoms with Gasteiger partial charge in [0.25, 0.3) is 0 Å². The Kier molecular flexibility index (Phi) is 2.84. The first kappa shape index (κ1) is 11.6. The van der Waals surface area contributed by atoms with Gasteiger partial charge in [0.1, 0.15) is 0 Å². The monoisotopic (exact) mass is 228 g/mol. The Morgan fingerprint density at radius 3 is 2.53 bits per heavy atom. The van der Waals surface area contributed by atoms with Gasteiger partial charge >= 0.3 is 0 Å². The highest BCUT2D eigenvalue weighted by molar-refractivity contribution is 5.80. The first-order chi connectivity index (χ1) is 8.04. The van der Waals surface area contributed by atoms with Gasteiger partial charge in [-0.05, 0) is 18.2 Å². The van der Waals surface area contributed by atoms with Gasteiger partial charge in [-0.3, -0.25) is 4.79 Å². The largest absolute Gasteiger partial charge is 0.298 e. The van der Waals surface area contributed by atoms with E-state index in [-0.39, 0.29) is 5.41 Å². The predicted molar refractivity (Wildman–Crippen MR) is 67.7 cm³/mol. The Balaban J connectivity index is 2.62. The third-order valence-electron chi connectivity index (χ3n) is 2.70. The van der Waals surface area contributed by atoms with Crippen molar-refractivity contribution in [3.05, 3.63) is 47.8 Å². The molecule has 0 amide bonds. The lowest BCUT2D eigenvalue weighted by atomic mass is 9.92. The number of carbonyl (C=O) groups is 1. The number of aromatic nitrogens is 2. The molecule has 0 saturated carbocycles. The van der Waals surface area contributed by atoms with Crippen molar-refractivity contribution in [2.45, 2.75) is 26.2 Å². The van der Waals surface area contributed by atoms with Gasteiger partial charge in [0.15, 0.2) is 6.29 Å². The molecule has 0 aliphatic carbocycles. The Hall–Kier alpha value is -1.90. The van der Waals surface area contributed by atoms with Crippen LogP contribution in [0.5, 0.6) is 0 Å². The molecule has 17 heavy (non-hydrogen) atoms. The van der Waals surface area contributed by atoms with Gasteiger partial charge in [-0.2, -0.15) is 5.10 Å². The molecule has 0 aliphatic heterocycles. The summed E-state index contributed by atoms with van der Waals surface area (Å²) in [7, 11) is 0. The molecule has 1 heterocycles. The van der Waals surface area contributed by atoms with E-state index in [1.165, 1.54) is 0 Å². The lowest BCUT2D eigenvalue weighted by Gasteiger charge is -2.20. The van der Waals surface area contributed by atoms with Crippen LogP contribution in [0.15, 0.2) is 36.5 Å². The molecule has 0 N–H and O–H groups in total. The number of aldehydes is 1. The highest BCUT2D eigenvalue weighted by Crippen LogP contribution is 2.25. The van der Waals surface area contributed by atoms with Crippen molar-refractivity contribution in [1.29, 1.82) is 0 Å². The van der Waals surface area contributed by atoms with Crippen LogP contribution in [0, 0.1) is 0 Å². The van der Waals surface area contributed by atoms with Crippen LogP contribution in [0.2, 0.25) is 0 Å². The molecule has 2 aromatic rings. The van der Waals surface area contributed by atoms with Crippen molar-refractivity contribution < 1.29 is 4.79 Å². The van der Waals surface area contributed by atoms with Crippen molar-refractivity contribution in [3.8, 4) is 5.69 Å². The SMILES string of the molecule is CC(C)(C)c1ccnn1-c1ccccc1C=O. The highest BCUT2D eigenvalue weighted by Gasteiger charge is 2.20. The van der Waals surface area contributed by atoms with Crippen molar-refractivity contribution >= 4 is 6.29 Å². The summed E-state index contributed by atoms with van der Waals surface area (Å²) in [5, 5.41) is 4.32. The molecular formula is C14H16N2O. The van der Waals surface area contributed by atoms with E-state index in [0.29, 0.717) is 5.56 Å². The van der Waals surface area contributed by atoms with E-state index in [0.717, 1.165) is 17.7 Å². The minimum atomic E-state index is -0.00744. The zero-order chi connectivity index (χ0) is 12.5. The molecule has 1 aromatic heterocycles.